The van der Waals surface area contributed by atoms with Gasteiger partial charge in [0.1, 0.15) is 11.5 Å². The third-order valence-electron chi connectivity index (χ3n) is 3.72. The summed E-state index contributed by atoms with van der Waals surface area (Å²) in [6.45, 7) is 0. The van der Waals surface area contributed by atoms with E-state index >= 15 is 0 Å². The van der Waals surface area contributed by atoms with Crippen LogP contribution in [0.15, 0.2) is 24.4 Å². The van der Waals surface area contributed by atoms with E-state index in [2.05, 4.69) is 10.3 Å². The SMILES string of the molecule is Nc1c(C(=O)NC2CCCCC2)nc2ccccn12. The number of hydrogen-bond donors (Lipinski definition) is 2. The van der Waals surface area contributed by atoms with E-state index in [9.17, 15) is 4.79 Å². The van der Waals surface area contributed by atoms with Crippen molar-refractivity contribution in [2.24, 2.45) is 0 Å². The molecule has 1 amide bonds. The number of nitrogens with one attached hydrogen (secondary N) is 1. The van der Waals surface area contributed by atoms with Gasteiger partial charge in [-0.2, -0.15) is 0 Å². The van der Waals surface area contributed by atoms with Crippen LogP contribution in [0.4, 0.5) is 5.82 Å². The topological polar surface area (TPSA) is 72.4 Å². The molecule has 0 atom stereocenters. The predicted octanol–water partition coefficient (Wildman–Crippen LogP) is 1.98. The molecule has 2 heterocycles. The fourth-order valence-corrected chi connectivity index (χ4v) is 2.68. The number of aromatic nitrogens is 2. The Labute approximate surface area is 111 Å². The van der Waals surface area contributed by atoms with Crippen molar-refractivity contribution in [3.05, 3.63) is 30.1 Å². The van der Waals surface area contributed by atoms with Crippen molar-refractivity contribution in [1.29, 1.82) is 0 Å². The van der Waals surface area contributed by atoms with E-state index < -0.39 is 0 Å². The number of carbonyl (C=O) groups excluding carboxylic acids is 1. The highest BCUT2D eigenvalue weighted by molar-refractivity contribution is 5.97. The van der Waals surface area contributed by atoms with Crippen molar-refractivity contribution < 1.29 is 4.79 Å². The van der Waals surface area contributed by atoms with Gasteiger partial charge >= 0.3 is 0 Å². The molecule has 0 radical (unpaired) electrons. The summed E-state index contributed by atoms with van der Waals surface area (Å²) in [5.41, 5.74) is 7.02. The first-order valence-corrected chi connectivity index (χ1v) is 6.79. The van der Waals surface area contributed by atoms with E-state index in [0.29, 0.717) is 17.2 Å². The largest absolute Gasteiger partial charge is 0.383 e. The number of imidazole rings is 1. The molecule has 0 bridgehead atoms. The predicted molar refractivity (Wildman–Crippen MR) is 73.9 cm³/mol. The Morgan fingerprint density at radius 3 is 2.84 bits per heavy atom. The molecule has 0 saturated heterocycles. The number of rotatable bonds is 2. The molecule has 0 aliphatic heterocycles. The maximum absolute atomic E-state index is 12.2. The third kappa shape index (κ3) is 2.28. The molecule has 19 heavy (non-hydrogen) atoms. The summed E-state index contributed by atoms with van der Waals surface area (Å²) < 4.78 is 1.73. The number of fused-ring (bicyclic) bond motifs is 1. The molecule has 3 rings (SSSR count). The normalized spacial score (nSPS) is 16.6. The zero-order valence-electron chi connectivity index (χ0n) is 10.8. The first-order chi connectivity index (χ1) is 9.25. The molecule has 100 valence electrons. The average Bonchev–Trinajstić information content (AvgIpc) is 2.78. The standard InChI is InChI=1S/C14H18N4O/c15-13-12(17-11-8-4-5-9-18(11)13)14(19)16-10-6-2-1-3-7-10/h4-5,8-10H,1-3,6-7,15H2,(H,16,19). The Balaban J connectivity index is 1.83. The Hall–Kier alpha value is -2.04. The number of nitrogens with two attached hydrogens (primary N) is 1. The van der Waals surface area contributed by atoms with Gasteiger partial charge in [-0.25, -0.2) is 4.98 Å². The van der Waals surface area contributed by atoms with Crippen LogP contribution >= 0.6 is 0 Å². The maximum atomic E-state index is 12.2. The molecular weight excluding hydrogens is 240 g/mol. The first kappa shape index (κ1) is 12.0. The minimum Gasteiger partial charge on any atom is -0.383 e. The van der Waals surface area contributed by atoms with Gasteiger partial charge in [-0.1, -0.05) is 25.3 Å². The van der Waals surface area contributed by atoms with Crippen LogP contribution in [0.3, 0.4) is 0 Å². The van der Waals surface area contributed by atoms with Crippen molar-refractivity contribution in [3.8, 4) is 0 Å². The highest BCUT2D eigenvalue weighted by Crippen LogP contribution is 2.19. The molecule has 1 fully saturated rings. The van der Waals surface area contributed by atoms with E-state index in [1.165, 1.54) is 19.3 Å². The Morgan fingerprint density at radius 1 is 1.32 bits per heavy atom. The second-order valence-corrected chi connectivity index (χ2v) is 5.08. The summed E-state index contributed by atoms with van der Waals surface area (Å²) in [5.74, 6) is 0.247. The maximum Gasteiger partial charge on any atom is 0.273 e. The molecule has 2 aromatic rings. The zero-order chi connectivity index (χ0) is 13.2. The lowest BCUT2D eigenvalue weighted by Crippen LogP contribution is -2.36. The lowest BCUT2D eigenvalue weighted by atomic mass is 9.95. The molecule has 5 nitrogen and oxygen atoms in total. The van der Waals surface area contributed by atoms with Crippen LogP contribution in [0.1, 0.15) is 42.6 Å². The van der Waals surface area contributed by atoms with E-state index in [1.807, 2.05) is 24.4 Å². The summed E-state index contributed by atoms with van der Waals surface area (Å²) in [5, 5.41) is 3.04. The molecule has 1 aliphatic rings. The summed E-state index contributed by atoms with van der Waals surface area (Å²) >= 11 is 0. The van der Waals surface area contributed by atoms with Crippen LogP contribution in [-0.4, -0.2) is 21.3 Å². The monoisotopic (exact) mass is 258 g/mol. The summed E-state index contributed by atoms with van der Waals surface area (Å²) in [6, 6.07) is 5.86. The second kappa shape index (κ2) is 4.91. The van der Waals surface area contributed by atoms with Crippen molar-refractivity contribution in [2.45, 2.75) is 38.1 Å². The van der Waals surface area contributed by atoms with Crippen molar-refractivity contribution >= 4 is 17.4 Å². The number of carbonyl (C=O) groups is 1. The minimum atomic E-state index is -0.159. The van der Waals surface area contributed by atoms with Gasteiger partial charge in [-0.15, -0.1) is 0 Å². The lowest BCUT2D eigenvalue weighted by molar-refractivity contribution is 0.0924. The highest BCUT2D eigenvalue weighted by atomic mass is 16.2. The Bertz CT molecular complexity index is 599. The van der Waals surface area contributed by atoms with Gasteiger partial charge in [0.2, 0.25) is 0 Å². The molecule has 2 aromatic heterocycles. The smallest absolute Gasteiger partial charge is 0.273 e. The van der Waals surface area contributed by atoms with Crippen LogP contribution in [0, 0.1) is 0 Å². The van der Waals surface area contributed by atoms with Crippen LogP contribution in [0.2, 0.25) is 0 Å². The summed E-state index contributed by atoms with van der Waals surface area (Å²) in [4.78, 5) is 16.5. The van der Waals surface area contributed by atoms with Crippen molar-refractivity contribution in [3.63, 3.8) is 0 Å². The quantitative estimate of drug-likeness (QED) is 0.865. The number of hydrogen-bond acceptors (Lipinski definition) is 3. The Kier molecular flexibility index (Phi) is 3.11. The first-order valence-electron chi connectivity index (χ1n) is 6.79. The molecule has 3 N–H and O–H groups in total. The average molecular weight is 258 g/mol. The van der Waals surface area contributed by atoms with Gasteiger partial charge in [-0.05, 0) is 25.0 Å². The van der Waals surface area contributed by atoms with Gasteiger partial charge < -0.3 is 11.1 Å². The van der Waals surface area contributed by atoms with Gasteiger partial charge in [-0.3, -0.25) is 9.20 Å². The van der Waals surface area contributed by atoms with Gasteiger partial charge in [0.25, 0.3) is 5.91 Å². The molecule has 0 spiro atoms. The van der Waals surface area contributed by atoms with E-state index in [-0.39, 0.29) is 11.9 Å². The van der Waals surface area contributed by atoms with Gasteiger partial charge in [0.15, 0.2) is 5.69 Å². The molecule has 0 unspecified atom stereocenters. The summed E-state index contributed by atoms with van der Waals surface area (Å²) in [6.07, 6.45) is 7.56. The fourth-order valence-electron chi connectivity index (χ4n) is 2.68. The number of anilines is 1. The van der Waals surface area contributed by atoms with E-state index in [1.54, 1.807) is 4.40 Å². The zero-order valence-corrected chi connectivity index (χ0v) is 10.8. The number of pyridine rings is 1. The van der Waals surface area contributed by atoms with Crippen LogP contribution in [0.5, 0.6) is 0 Å². The lowest BCUT2D eigenvalue weighted by Gasteiger charge is -2.22. The highest BCUT2D eigenvalue weighted by Gasteiger charge is 2.21. The van der Waals surface area contributed by atoms with Crippen LogP contribution < -0.4 is 11.1 Å². The van der Waals surface area contributed by atoms with Crippen LogP contribution in [-0.2, 0) is 0 Å². The van der Waals surface area contributed by atoms with Gasteiger partial charge in [0.05, 0.1) is 0 Å². The third-order valence-corrected chi connectivity index (χ3v) is 3.72. The van der Waals surface area contributed by atoms with Crippen molar-refractivity contribution in [2.75, 3.05) is 5.73 Å². The molecule has 5 heteroatoms. The van der Waals surface area contributed by atoms with E-state index in [4.69, 9.17) is 5.73 Å². The molecular formula is C14H18N4O. The molecule has 0 aromatic carbocycles. The van der Waals surface area contributed by atoms with E-state index in [0.717, 1.165) is 12.8 Å². The molecule has 1 aliphatic carbocycles. The fraction of sp³-hybridized carbons (Fsp3) is 0.429. The number of nitrogen functional groups attached to an aromatic ring is 1. The van der Waals surface area contributed by atoms with Crippen LogP contribution in [0.25, 0.3) is 5.65 Å². The Morgan fingerprint density at radius 2 is 2.11 bits per heavy atom. The second-order valence-electron chi connectivity index (χ2n) is 5.08. The minimum absolute atomic E-state index is 0.159. The van der Waals surface area contributed by atoms with Gasteiger partial charge in [0, 0.05) is 12.2 Å². The van der Waals surface area contributed by atoms with Crippen molar-refractivity contribution in [1.82, 2.24) is 14.7 Å². The number of nitrogens with zero attached hydrogens (tertiary/aromatic N) is 2. The summed E-state index contributed by atoms with van der Waals surface area (Å²) in [7, 11) is 0. The molecule has 1 saturated carbocycles. The number of amides is 1.